The van der Waals surface area contributed by atoms with Gasteiger partial charge in [0.1, 0.15) is 0 Å². The van der Waals surface area contributed by atoms with E-state index in [1.54, 1.807) is 0 Å². The van der Waals surface area contributed by atoms with Crippen molar-refractivity contribution in [3.8, 4) is 0 Å². The molecule has 0 spiro atoms. The predicted molar refractivity (Wildman–Crippen MR) is 43.2 cm³/mol. The fraction of sp³-hybridized carbons (Fsp3) is 0. The Balaban J connectivity index is -0.00000000222. The van der Waals surface area contributed by atoms with Crippen LogP contribution in [0.4, 0.5) is 0 Å². The molecule has 0 saturated carbocycles. The molecule has 0 rings (SSSR count). The van der Waals surface area contributed by atoms with Gasteiger partial charge in [-0.1, -0.05) is 0 Å². The van der Waals surface area contributed by atoms with Crippen molar-refractivity contribution in [1.82, 2.24) is 0 Å². The Kier molecular flexibility index (Phi) is 478. The topological polar surface area (TPSA) is 330 Å². The third-order valence-electron chi connectivity index (χ3n) is 0. The molecule has 0 atom stereocenters. The van der Waals surface area contributed by atoms with Gasteiger partial charge in [0.15, 0.2) is 0 Å². The molecule has 0 radical (unpaired) electrons. The van der Waals surface area contributed by atoms with Gasteiger partial charge in [-0.2, -0.15) is 0 Å². The third-order valence-corrected chi connectivity index (χ3v) is 0. The minimum absolute atomic E-state index is 0. The molecule has 0 aromatic carbocycles. The minimum Gasteiger partial charge on any atom is -0.412 e. The van der Waals surface area contributed by atoms with Crippen molar-refractivity contribution in [2.75, 3.05) is 0 Å². The van der Waals surface area contributed by atoms with Gasteiger partial charge in [-0.05, 0) is 0 Å². The van der Waals surface area contributed by atoms with Crippen LogP contribution in [0.2, 0.25) is 0 Å². The van der Waals surface area contributed by atoms with Crippen molar-refractivity contribution in [1.29, 1.82) is 0 Å². The molecule has 0 aromatic heterocycles. The standard InChI is InChI=1S/H3O4P.8H2O.Zn/c1-5(2,3)4;;;;;;;;;/h(H3,1,2,3,4);8*1H2;. The summed E-state index contributed by atoms with van der Waals surface area (Å²) in [6.07, 6.45) is 0. The average molecular weight is 308 g/mol. The van der Waals surface area contributed by atoms with Gasteiger partial charge < -0.3 is 58.5 Å². The Bertz CT molecular complexity index is 56.5. The quantitative estimate of drug-likeness (QED) is 0.289. The van der Waals surface area contributed by atoms with Gasteiger partial charge in [-0.15, -0.1) is 0 Å². The van der Waals surface area contributed by atoms with Crippen LogP contribution < -0.4 is 0 Å². The second-order valence-electron chi connectivity index (χ2n) is 0.513. The molecule has 0 unspecified atom stereocenters. The number of rotatable bonds is 0. The average Bonchev–Trinajstić information content (AvgIpc) is 0.722. The molecule has 14 heteroatoms. The summed E-state index contributed by atoms with van der Waals surface area (Å²) in [5.74, 6) is 0. The normalized spacial score (nSPS) is 4.21. The van der Waals surface area contributed by atoms with Gasteiger partial charge in [0.2, 0.25) is 0 Å². The molecule has 0 fully saturated rings. The van der Waals surface area contributed by atoms with Crippen LogP contribution in [0.1, 0.15) is 0 Å². The SMILES string of the molecule is O.O.O.O.O.O.O.O.O=P(O)(O)O.[Zn]. The number of hydrogen-bond acceptors (Lipinski definition) is 1. The molecule has 0 aromatic rings. The Labute approximate surface area is 91.0 Å². The van der Waals surface area contributed by atoms with E-state index in [9.17, 15) is 0 Å². The Hall–Kier alpha value is 0.413. The second-order valence-corrected chi connectivity index (χ2v) is 1.54. The maximum Gasteiger partial charge on any atom is 0.466 e. The van der Waals surface area contributed by atoms with Crippen molar-refractivity contribution >= 4 is 7.82 Å². The van der Waals surface area contributed by atoms with Crippen LogP contribution in [0.5, 0.6) is 0 Å². The fourth-order valence-corrected chi connectivity index (χ4v) is 0. The van der Waals surface area contributed by atoms with Crippen LogP contribution in [-0.4, -0.2) is 58.5 Å². The van der Waals surface area contributed by atoms with Gasteiger partial charge >= 0.3 is 7.82 Å². The van der Waals surface area contributed by atoms with E-state index in [0.29, 0.717) is 0 Å². The summed E-state index contributed by atoms with van der Waals surface area (Å²) in [4.78, 5) is 21.6. The molecule has 0 aliphatic heterocycles. The summed E-state index contributed by atoms with van der Waals surface area (Å²) in [6.45, 7) is 0. The van der Waals surface area contributed by atoms with E-state index >= 15 is 0 Å². The Morgan fingerprint density at radius 2 is 0.571 bits per heavy atom. The zero-order valence-corrected chi connectivity index (χ0v) is 10.8. The van der Waals surface area contributed by atoms with Crippen LogP contribution in [-0.2, 0) is 24.0 Å². The van der Waals surface area contributed by atoms with E-state index in [-0.39, 0.29) is 63.3 Å². The molecule has 0 saturated heterocycles. The molecule has 12 nitrogen and oxygen atoms in total. The van der Waals surface area contributed by atoms with E-state index < -0.39 is 7.82 Å². The van der Waals surface area contributed by atoms with Crippen LogP contribution in [0.25, 0.3) is 0 Å². The summed E-state index contributed by atoms with van der Waals surface area (Å²) >= 11 is 0. The van der Waals surface area contributed by atoms with Crippen LogP contribution >= 0.6 is 7.82 Å². The molecule has 0 heterocycles. The molecule has 19 N–H and O–H groups in total. The predicted octanol–water partition coefficient (Wildman–Crippen LogP) is -7.53. The molecular formula is H19O12PZn. The van der Waals surface area contributed by atoms with Gasteiger partial charge in [0.25, 0.3) is 0 Å². The van der Waals surface area contributed by atoms with Crippen LogP contribution in [0.15, 0.2) is 0 Å². The van der Waals surface area contributed by atoms with Gasteiger partial charge in [-0.25, -0.2) is 4.57 Å². The maximum absolute atomic E-state index is 8.88. The van der Waals surface area contributed by atoms with Crippen molar-refractivity contribution in [3.63, 3.8) is 0 Å². The summed E-state index contributed by atoms with van der Waals surface area (Å²) in [5.41, 5.74) is 0. The van der Waals surface area contributed by atoms with Gasteiger partial charge in [0.05, 0.1) is 0 Å². The summed E-state index contributed by atoms with van der Waals surface area (Å²) in [7, 11) is -4.64. The monoisotopic (exact) mass is 306 g/mol. The first kappa shape index (κ1) is 133. The Morgan fingerprint density at radius 1 is 0.571 bits per heavy atom. The zero-order valence-electron chi connectivity index (χ0n) is 6.90. The summed E-state index contributed by atoms with van der Waals surface area (Å²) in [6, 6.07) is 0. The number of hydrogen-bond donors (Lipinski definition) is 3. The van der Waals surface area contributed by atoms with E-state index in [4.69, 9.17) is 19.2 Å². The third kappa shape index (κ3) is 9460. The molecular weight excluding hydrogens is 288 g/mol. The number of phosphoric acid groups is 1. The first-order chi connectivity index (χ1) is 2.00. The largest absolute Gasteiger partial charge is 0.466 e. The van der Waals surface area contributed by atoms with Crippen LogP contribution in [0, 0.1) is 0 Å². The summed E-state index contributed by atoms with van der Waals surface area (Å²) < 4.78 is 8.88. The van der Waals surface area contributed by atoms with E-state index in [2.05, 4.69) is 0 Å². The molecule has 0 aliphatic carbocycles. The molecule has 98 valence electrons. The molecule has 0 aliphatic rings. The zero-order chi connectivity index (χ0) is 4.50. The van der Waals surface area contributed by atoms with Gasteiger partial charge in [0, 0.05) is 19.5 Å². The van der Waals surface area contributed by atoms with Crippen molar-refractivity contribution in [3.05, 3.63) is 0 Å². The van der Waals surface area contributed by atoms with Gasteiger partial charge in [-0.3, -0.25) is 0 Å². The fourth-order valence-electron chi connectivity index (χ4n) is 0. The smallest absolute Gasteiger partial charge is 0.412 e. The first-order valence-electron chi connectivity index (χ1n) is 0.783. The molecule has 14 heavy (non-hydrogen) atoms. The van der Waals surface area contributed by atoms with Crippen molar-refractivity contribution in [2.24, 2.45) is 0 Å². The van der Waals surface area contributed by atoms with E-state index in [0.717, 1.165) is 0 Å². The van der Waals surface area contributed by atoms with E-state index in [1.807, 2.05) is 0 Å². The Morgan fingerprint density at radius 3 is 0.571 bits per heavy atom. The molecule has 0 bridgehead atoms. The summed E-state index contributed by atoms with van der Waals surface area (Å²) in [5, 5.41) is 0. The first-order valence-corrected chi connectivity index (χ1v) is 2.35. The van der Waals surface area contributed by atoms with Crippen molar-refractivity contribution < 1.29 is 82.5 Å². The van der Waals surface area contributed by atoms with Crippen LogP contribution in [0.3, 0.4) is 0 Å². The molecule has 0 amide bonds. The minimum atomic E-state index is -4.64. The van der Waals surface area contributed by atoms with Crippen molar-refractivity contribution in [2.45, 2.75) is 0 Å². The van der Waals surface area contributed by atoms with E-state index in [1.165, 1.54) is 0 Å². The second kappa shape index (κ2) is 50.3. The maximum atomic E-state index is 8.88.